The van der Waals surface area contributed by atoms with Crippen LogP contribution < -0.4 is 0 Å². The maximum atomic E-state index is 13.8. The number of phenols is 2. The van der Waals surface area contributed by atoms with Crippen molar-refractivity contribution in [3.8, 4) is 11.5 Å². The molecule has 0 bridgehead atoms. The maximum Gasteiger partial charge on any atom is 0.416 e. The summed E-state index contributed by atoms with van der Waals surface area (Å²) >= 11 is 0. The third-order valence-electron chi connectivity index (χ3n) is 9.48. The quantitative estimate of drug-likeness (QED) is 0.215. The predicted octanol–water partition coefficient (Wildman–Crippen LogP) is 10.9. The summed E-state index contributed by atoms with van der Waals surface area (Å²) in [4.78, 5) is 0. The summed E-state index contributed by atoms with van der Waals surface area (Å²) in [6.45, 7) is 7.75. The highest BCUT2D eigenvalue weighted by Gasteiger charge is 2.37. The first kappa shape index (κ1) is 31.5. The minimum absolute atomic E-state index is 0.144. The molecule has 0 aromatic heterocycles. The Bertz CT molecular complexity index is 1800. The summed E-state index contributed by atoms with van der Waals surface area (Å²) in [5.41, 5.74) is 7.36. The highest BCUT2D eigenvalue weighted by Crippen LogP contribution is 2.51. The van der Waals surface area contributed by atoms with E-state index in [1.165, 1.54) is 0 Å². The Hall–Kier alpha value is -4.46. The zero-order valence-electron chi connectivity index (χ0n) is 25.7. The van der Waals surface area contributed by atoms with Crippen LogP contribution >= 0.6 is 0 Å². The number of halogens is 6. The van der Waals surface area contributed by atoms with Crippen LogP contribution in [0.2, 0.25) is 0 Å². The monoisotopic (exact) mass is 634 g/mol. The van der Waals surface area contributed by atoms with Gasteiger partial charge in [0.25, 0.3) is 0 Å². The van der Waals surface area contributed by atoms with Crippen LogP contribution in [-0.2, 0) is 12.4 Å². The second kappa shape index (κ2) is 11.1. The Labute approximate surface area is 263 Å². The van der Waals surface area contributed by atoms with Crippen LogP contribution in [-0.4, -0.2) is 10.2 Å². The van der Waals surface area contributed by atoms with E-state index < -0.39 is 35.3 Å². The number of rotatable bonds is 5. The fourth-order valence-electron chi connectivity index (χ4n) is 6.82. The molecule has 2 N–H and O–H groups in total. The molecule has 8 heteroatoms. The van der Waals surface area contributed by atoms with E-state index >= 15 is 0 Å². The normalized spacial score (nSPS) is 17.5. The van der Waals surface area contributed by atoms with E-state index in [9.17, 15) is 36.6 Å². The number of aryl methyl sites for hydroxylation is 4. The van der Waals surface area contributed by atoms with Crippen LogP contribution in [0.5, 0.6) is 11.5 Å². The molecule has 46 heavy (non-hydrogen) atoms. The molecule has 2 atom stereocenters. The molecular formula is C38H32F6O2. The van der Waals surface area contributed by atoms with Crippen molar-refractivity contribution in [3.63, 3.8) is 0 Å². The van der Waals surface area contributed by atoms with E-state index in [4.69, 9.17) is 0 Å². The lowest BCUT2D eigenvalue weighted by atomic mass is 9.81. The van der Waals surface area contributed by atoms with Crippen molar-refractivity contribution in [2.75, 3.05) is 0 Å². The minimum atomic E-state index is -4.60. The van der Waals surface area contributed by atoms with Crippen LogP contribution in [0.1, 0.15) is 91.4 Å². The smallest absolute Gasteiger partial charge is 0.416 e. The average Bonchev–Trinajstić information content (AvgIpc) is 3.48. The van der Waals surface area contributed by atoms with E-state index in [0.29, 0.717) is 12.8 Å². The van der Waals surface area contributed by atoms with Gasteiger partial charge in [0.15, 0.2) is 0 Å². The van der Waals surface area contributed by atoms with Gasteiger partial charge in [-0.15, -0.1) is 0 Å². The molecule has 0 radical (unpaired) electrons. The maximum absolute atomic E-state index is 13.8. The molecule has 0 spiro atoms. The molecule has 2 nitrogen and oxygen atoms in total. The molecule has 0 saturated carbocycles. The standard InChI is InChI=1S/C38H32F6O2/c1-19-11-25-15-23(35(29(25)13-21(19)3)31-17-27(37(39,40)41)7-9-33(31)45)5-6-24-16-26-12-20(2)22(4)14-30(26)36(24)32-18-28(38(42,43)44)8-10-34(32)46/h7-18,35-36,45-46H,5-6H2,1-4H3. The zero-order valence-corrected chi connectivity index (χ0v) is 25.7. The largest absolute Gasteiger partial charge is 0.508 e. The minimum Gasteiger partial charge on any atom is -0.508 e. The first-order chi connectivity index (χ1) is 21.5. The molecule has 4 aromatic rings. The Morgan fingerprint density at radius 1 is 0.500 bits per heavy atom. The van der Waals surface area contributed by atoms with Crippen molar-refractivity contribution in [1.29, 1.82) is 0 Å². The lowest BCUT2D eigenvalue weighted by Gasteiger charge is -2.23. The van der Waals surface area contributed by atoms with Gasteiger partial charge in [0.2, 0.25) is 0 Å². The van der Waals surface area contributed by atoms with Crippen molar-refractivity contribution >= 4 is 12.2 Å². The predicted molar refractivity (Wildman–Crippen MR) is 167 cm³/mol. The van der Waals surface area contributed by atoms with Crippen molar-refractivity contribution in [2.45, 2.75) is 64.7 Å². The van der Waals surface area contributed by atoms with Gasteiger partial charge in [-0.25, -0.2) is 0 Å². The van der Waals surface area contributed by atoms with E-state index in [1.807, 2.05) is 64.1 Å². The van der Waals surface area contributed by atoms with Crippen molar-refractivity contribution in [3.05, 3.63) is 139 Å². The van der Waals surface area contributed by atoms with Gasteiger partial charge in [-0.3, -0.25) is 0 Å². The molecule has 0 saturated heterocycles. The Kier molecular flexibility index (Phi) is 7.61. The Balaban J connectivity index is 1.43. The number of alkyl halides is 6. The fraction of sp³-hybridized carbons (Fsp3) is 0.263. The van der Waals surface area contributed by atoms with Gasteiger partial charge in [0.1, 0.15) is 11.5 Å². The van der Waals surface area contributed by atoms with Crippen molar-refractivity contribution in [1.82, 2.24) is 0 Å². The Morgan fingerprint density at radius 3 is 1.20 bits per heavy atom. The second-order valence-corrected chi connectivity index (χ2v) is 12.5. The molecule has 2 unspecified atom stereocenters. The lowest BCUT2D eigenvalue weighted by molar-refractivity contribution is -0.138. The molecule has 0 heterocycles. The fourth-order valence-corrected chi connectivity index (χ4v) is 6.82. The molecule has 0 amide bonds. The summed E-state index contributed by atoms with van der Waals surface area (Å²) in [6.07, 6.45) is -4.59. The zero-order chi connectivity index (χ0) is 33.3. The van der Waals surface area contributed by atoms with Crippen molar-refractivity contribution < 1.29 is 36.6 Å². The molecular weight excluding hydrogens is 602 g/mol. The summed E-state index contributed by atoms with van der Waals surface area (Å²) in [5, 5.41) is 21.7. The first-order valence-electron chi connectivity index (χ1n) is 15.0. The van der Waals surface area contributed by atoms with Gasteiger partial charge in [-0.1, -0.05) is 47.6 Å². The van der Waals surface area contributed by atoms with Crippen LogP contribution in [0.25, 0.3) is 12.2 Å². The average molecular weight is 635 g/mol. The van der Waals surface area contributed by atoms with Crippen LogP contribution in [0.4, 0.5) is 26.3 Å². The van der Waals surface area contributed by atoms with Gasteiger partial charge in [-0.05, 0) is 121 Å². The number of allylic oxidation sites excluding steroid dienone is 2. The number of benzene rings is 4. The third-order valence-corrected chi connectivity index (χ3v) is 9.48. The number of hydrogen-bond acceptors (Lipinski definition) is 2. The van der Waals surface area contributed by atoms with E-state index in [-0.39, 0.29) is 22.6 Å². The highest BCUT2D eigenvalue weighted by atomic mass is 19.4. The highest BCUT2D eigenvalue weighted by molar-refractivity contribution is 5.74. The lowest BCUT2D eigenvalue weighted by Crippen LogP contribution is -2.10. The van der Waals surface area contributed by atoms with Crippen molar-refractivity contribution in [2.24, 2.45) is 0 Å². The molecule has 2 aliphatic rings. The number of phenolic OH excluding ortho intramolecular Hbond substituents is 2. The molecule has 4 aromatic carbocycles. The van der Waals surface area contributed by atoms with Gasteiger partial charge >= 0.3 is 12.4 Å². The number of fused-ring (bicyclic) bond motifs is 2. The van der Waals surface area contributed by atoms with E-state index in [1.54, 1.807) is 0 Å². The molecule has 0 fully saturated rings. The van der Waals surface area contributed by atoms with Crippen LogP contribution in [0.3, 0.4) is 0 Å². The van der Waals surface area contributed by atoms with Gasteiger partial charge in [0, 0.05) is 23.0 Å². The summed E-state index contributed by atoms with van der Waals surface area (Å²) in [5.74, 6) is -1.79. The number of aromatic hydroxyl groups is 2. The van der Waals surface area contributed by atoms with Gasteiger partial charge in [0.05, 0.1) is 11.1 Å². The summed E-state index contributed by atoms with van der Waals surface area (Å²) in [7, 11) is 0. The third kappa shape index (κ3) is 5.59. The first-order valence-corrected chi connectivity index (χ1v) is 15.0. The SMILES string of the molecule is Cc1cc2c(cc1C)C(c1cc(C(F)(F)F)ccc1O)C(CCC1=Cc3cc(C)c(C)cc3C1c1cc(C(F)(F)F)ccc1O)=C2. The van der Waals surface area contributed by atoms with Gasteiger partial charge in [-0.2, -0.15) is 26.3 Å². The van der Waals surface area contributed by atoms with E-state index in [2.05, 4.69) is 0 Å². The van der Waals surface area contributed by atoms with Gasteiger partial charge < -0.3 is 10.2 Å². The molecule has 2 aliphatic carbocycles. The Morgan fingerprint density at radius 2 is 0.848 bits per heavy atom. The summed E-state index contributed by atoms with van der Waals surface area (Å²) in [6, 6.07) is 13.7. The van der Waals surface area contributed by atoms with E-state index in [0.717, 1.165) is 92.1 Å². The van der Waals surface area contributed by atoms with Crippen LogP contribution in [0.15, 0.2) is 71.8 Å². The van der Waals surface area contributed by atoms with Crippen LogP contribution in [0, 0.1) is 27.7 Å². The second-order valence-electron chi connectivity index (χ2n) is 12.5. The topological polar surface area (TPSA) is 40.5 Å². The molecule has 6 rings (SSSR count). The molecule has 0 aliphatic heterocycles. The molecule has 238 valence electrons. The number of hydrogen-bond donors (Lipinski definition) is 2. The summed E-state index contributed by atoms with van der Waals surface area (Å²) < 4.78 is 82.7.